The molecule has 0 radical (unpaired) electrons. The smallest absolute Gasteiger partial charge is 0.278 e. The highest BCUT2D eigenvalue weighted by Gasteiger charge is 2.31. The molecule has 1 aromatic carbocycles. The minimum atomic E-state index is -2.81. The Labute approximate surface area is 106 Å². The number of ether oxygens (including phenoxy) is 1. The van der Waals surface area contributed by atoms with Crippen LogP contribution >= 0.6 is 0 Å². The van der Waals surface area contributed by atoms with Gasteiger partial charge in [0.2, 0.25) is 0 Å². The van der Waals surface area contributed by atoms with E-state index >= 15 is 0 Å². The number of nitrogens with two attached hydrogens (primary N) is 1. The minimum absolute atomic E-state index is 0.243. The molecule has 1 saturated carbocycles. The first-order chi connectivity index (χ1) is 8.39. The number of hydrogen-bond donors (Lipinski definition) is 1. The van der Waals surface area contributed by atoms with Gasteiger partial charge < -0.3 is 10.5 Å². The van der Waals surface area contributed by atoms with E-state index in [0.717, 1.165) is 38.2 Å². The van der Waals surface area contributed by atoms with Crippen LogP contribution < -0.4 is 10.5 Å². The van der Waals surface area contributed by atoms with Crippen molar-refractivity contribution in [1.29, 1.82) is 0 Å². The Bertz CT molecular complexity index is 391. The quantitative estimate of drug-likeness (QED) is 0.894. The zero-order valence-corrected chi connectivity index (χ0v) is 10.6. The Balaban J connectivity index is 2.01. The maximum Gasteiger partial charge on any atom is 0.278 e. The summed E-state index contributed by atoms with van der Waals surface area (Å²) in [5.74, 6) is -2.35. The zero-order chi connectivity index (χ0) is 13.2. The van der Waals surface area contributed by atoms with E-state index in [9.17, 15) is 8.78 Å². The van der Waals surface area contributed by atoms with Crippen molar-refractivity contribution in [2.24, 2.45) is 5.73 Å². The van der Waals surface area contributed by atoms with Crippen LogP contribution in [0.3, 0.4) is 0 Å². The largest absolute Gasteiger partial charge is 0.487 e. The Hall–Kier alpha value is -1.16. The SMILES string of the molecule is CC(F)(F)COc1ccc(C2(N)CCCC2)cc1. The Morgan fingerprint density at radius 1 is 1.22 bits per heavy atom. The highest BCUT2D eigenvalue weighted by molar-refractivity contribution is 5.32. The third kappa shape index (κ3) is 3.19. The molecule has 2 rings (SSSR count). The summed E-state index contributed by atoms with van der Waals surface area (Å²) in [6.45, 7) is 0.245. The summed E-state index contributed by atoms with van der Waals surface area (Å²) in [7, 11) is 0. The number of benzene rings is 1. The lowest BCUT2D eigenvalue weighted by Crippen LogP contribution is -2.32. The van der Waals surface area contributed by atoms with Crippen molar-refractivity contribution in [3.8, 4) is 5.75 Å². The van der Waals surface area contributed by atoms with Gasteiger partial charge in [0.1, 0.15) is 5.75 Å². The second-order valence-corrected chi connectivity index (χ2v) is 5.25. The molecule has 100 valence electrons. The van der Waals surface area contributed by atoms with E-state index in [1.54, 1.807) is 12.1 Å². The minimum Gasteiger partial charge on any atom is -0.487 e. The molecule has 2 nitrogen and oxygen atoms in total. The topological polar surface area (TPSA) is 35.2 Å². The van der Waals surface area contributed by atoms with Crippen LogP contribution in [-0.2, 0) is 5.54 Å². The lowest BCUT2D eigenvalue weighted by molar-refractivity contribution is -0.0229. The van der Waals surface area contributed by atoms with E-state index in [-0.39, 0.29) is 5.54 Å². The summed E-state index contributed by atoms with van der Waals surface area (Å²) in [6, 6.07) is 7.20. The molecule has 0 heterocycles. The van der Waals surface area contributed by atoms with Crippen LogP contribution in [-0.4, -0.2) is 12.5 Å². The first kappa shape index (κ1) is 13.3. The molecule has 0 atom stereocenters. The van der Waals surface area contributed by atoms with Crippen molar-refractivity contribution in [2.45, 2.75) is 44.1 Å². The molecule has 1 aliphatic rings. The van der Waals surface area contributed by atoms with Gasteiger partial charge >= 0.3 is 0 Å². The molecule has 0 bridgehead atoms. The molecule has 18 heavy (non-hydrogen) atoms. The Kier molecular flexibility index (Phi) is 3.57. The van der Waals surface area contributed by atoms with Gasteiger partial charge in [0, 0.05) is 12.5 Å². The molecular weight excluding hydrogens is 236 g/mol. The molecule has 0 saturated heterocycles. The first-order valence-electron chi connectivity index (χ1n) is 6.29. The van der Waals surface area contributed by atoms with Crippen LogP contribution in [0.5, 0.6) is 5.75 Å². The zero-order valence-electron chi connectivity index (χ0n) is 10.6. The van der Waals surface area contributed by atoms with Gasteiger partial charge in [0.15, 0.2) is 6.61 Å². The van der Waals surface area contributed by atoms with Crippen molar-refractivity contribution in [1.82, 2.24) is 0 Å². The van der Waals surface area contributed by atoms with Gasteiger partial charge in [0.05, 0.1) is 0 Å². The molecule has 0 spiro atoms. The van der Waals surface area contributed by atoms with Gasteiger partial charge in [-0.3, -0.25) is 0 Å². The van der Waals surface area contributed by atoms with Crippen LogP contribution in [0.25, 0.3) is 0 Å². The second kappa shape index (κ2) is 4.84. The van der Waals surface area contributed by atoms with Gasteiger partial charge in [-0.2, -0.15) is 0 Å². The summed E-state index contributed by atoms with van der Waals surface area (Å²) >= 11 is 0. The van der Waals surface area contributed by atoms with E-state index in [4.69, 9.17) is 10.5 Å². The molecule has 1 aliphatic carbocycles. The maximum absolute atomic E-state index is 12.6. The highest BCUT2D eigenvalue weighted by Crippen LogP contribution is 2.36. The van der Waals surface area contributed by atoms with Crippen molar-refractivity contribution in [3.63, 3.8) is 0 Å². The molecule has 1 aromatic rings. The molecule has 1 fully saturated rings. The van der Waals surface area contributed by atoms with E-state index in [1.807, 2.05) is 12.1 Å². The number of rotatable bonds is 4. The summed E-state index contributed by atoms with van der Waals surface area (Å²) in [5.41, 5.74) is 7.14. The van der Waals surface area contributed by atoms with Crippen LogP contribution in [0.15, 0.2) is 24.3 Å². The highest BCUT2D eigenvalue weighted by atomic mass is 19.3. The summed E-state index contributed by atoms with van der Waals surface area (Å²) in [6.07, 6.45) is 4.27. The van der Waals surface area contributed by atoms with Crippen LogP contribution in [0.2, 0.25) is 0 Å². The Morgan fingerprint density at radius 2 is 1.78 bits per heavy atom. The van der Waals surface area contributed by atoms with E-state index in [2.05, 4.69) is 0 Å². The van der Waals surface area contributed by atoms with Crippen molar-refractivity contribution < 1.29 is 13.5 Å². The van der Waals surface area contributed by atoms with E-state index in [0.29, 0.717) is 5.75 Å². The molecular formula is C14H19F2NO. The molecule has 2 N–H and O–H groups in total. The fourth-order valence-electron chi connectivity index (χ4n) is 2.39. The lowest BCUT2D eigenvalue weighted by Gasteiger charge is -2.24. The fourth-order valence-corrected chi connectivity index (χ4v) is 2.39. The molecule has 0 amide bonds. The second-order valence-electron chi connectivity index (χ2n) is 5.25. The van der Waals surface area contributed by atoms with Gasteiger partial charge in [-0.1, -0.05) is 25.0 Å². The van der Waals surface area contributed by atoms with Gasteiger partial charge in [-0.05, 0) is 30.5 Å². The van der Waals surface area contributed by atoms with Crippen LogP contribution in [0.4, 0.5) is 8.78 Å². The van der Waals surface area contributed by atoms with Crippen LogP contribution in [0, 0.1) is 0 Å². The van der Waals surface area contributed by atoms with Crippen LogP contribution in [0.1, 0.15) is 38.2 Å². The molecule has 4 heteroatoms. The normalized spacial score (nSPS) is 18.9. The lowest BCUT2D eigenvalue weighted by atomic mass is 9.89. The Morgan fingerprint density at radius 3 is 2.28 bits per heavy atom. The standard InChI is InChI=1S/C14H19F2NO/c1-13(15,16)10-18-12-6-4-11(5-7-12)14(17)8-2-3-9-14/h4-7H,2-3,8-10,17H2,1H3. The first-order valence-corrected chi connectivity index (χ1v) is 6.29. The number of hydrogen-bond acceptors (Lipinski definition) is 2. The average molecular weight is 255 g/mol. The molecule has 0 unspecified atom stereocenters. The monoisotopic (exact) mass is 255 g/mol. The predicted octanol–water partition coefficient (Wildman–Crippen LogP) is 3.45. The van der Waals surface area contributed by atoms with Gasteiger partial charge in [0.25, 0.3) is 5.92 Å². The third-order valence-electron chi connectivity index (χ3n) is 3.42. The summed E-state index contributed by atoms with van der Waals surface area (Å²) in [5, 5.41) is 0. The molecule has 0 aromatic heterocycles. The van der Waals surface area contributed by atoms with Crippen molar-refractivity contribution >= 4 is 0 Å². The number of alkyl halides is 2. The summed E-state index contributed by atoms with van der Waals surface area (Å²) in [4.78, 5) is 0. The summed E-state index contributed by atoms with van der Waals surface area (Å²) < 4.78 is 30.3. The number of halogens is 2. The maximum atomic E-state index is 12.6. The van der Waals surface area contributed by atoms with Gasteiger partial charge in [-0.15, -0.1) is 0 Å². The average Bonchev–Trinajstić information content (AvgIpc) is 2.75. The third-order valence-corrected chi connectivity index (χ3v) is 3.42. The molecule has 0 aliphatic heterocycles. The van der Waals surface area contributed by atoms with Crippen molar-refractivity contribution in [2.75, 3.05) is 6.61 Å². The van der Waals surface area contributed by atoms with Gasteiger partial charge in [-0.25, -0.2) is 8.78 Å². The predicted molar refractivity (Wildman–Crippen MR) is 66.9 cm³/mol. The van der Waals surface area contributed by atoms with Crippen molar-refractivity contribution in [3.05, 3.63) is 29.8 Å². The van der Waals surface area contributed by atoms with E-state index < -0.39 is 12.5 Å². The fraction of sp³-hybridized carbons (Fsp3) is 0.571. The van der Waals surface area contributed by atoms with E-state index in [1.165, 1.54) is 0 Å².